The first-order valence-electron chi connectivity index (χ1n) is 5.11. The van der Waals surface area contributed by atoms with E-state index in [2.05, 4.69) is 5.32 Å². The Labute approximate surface area is 97.1 Å². The lowest BCUT2D eigenvalue weighted by Crippen LogP contribution is -2.27. The number of benzene rings is 1. The highest BCUT2D eigenvalue weighted by Gasteiger charge is 2.32. The van der Waals surface area contributed by atoms with Gasteiger partial charge in [0.1, 0.15) is 6.10 Å². The number of rotatable bonds is 3. The van der Waals surface area contributed by atoms with Crippen molar-refractivity contribution in [1.82, 2.24) is 0 Å². The standard InChI is InChI=1S/C11H12N2O4/c12-4-7(14)9(15)5-2-1-3-6-8(5)13-11(17)10(6)16/h1-3,7,9,14-15H,4,12H2,(H,13,16,17). The van der Waals surface area contributed by atoms with Gasteiger partial charge in [-0.25, -0.2) is 0 Å². The van der Waals surface area contributed by atoms with Crippen LogP contribution in [0.5, 0.6) is 0 Å². The van der Waals surface area contributed by atoms with E-state index in [0.717, 1.165) is 0 Å². The number of Topliss-reactive ketones (excluding diaryl/α,β-unsaturated/α-hetero) is 1. The van der Waals surface area contributed by atoms with Gasteiger partial charge in [0, 0.05) is 12.1 Å². The van der Waals surface area contributed by atoms with Crippen LogP contribution >= 0.6 is 0 Å². The third-order valence-corrected chi connectivity index (χ3v) is 2.71. The zero-order valence-electron chi connectivity index (χ0n) is 8.88. The number of nitrogens with one attached hydrogen (secondary N) is 1. The van der Waals surface area contributed by atoms with Crippen molar-refractivity contribution in [2.75, 3.05) is 11.9 Å². The zero-order valence-corrected chi connectivity index (χ0v) is 8.88. The summed E-state index contributed by atoms with van der Waals surface area (Å²) in [5.74, 6) is -1.38. The lowest BCUT2D eigenvalue weighted by atomic mass is 9.99. The molecule has 1 heterocycles. The Balaban J connectivity index is 2.45. The van der Waals surface area contributed by atoms with Crippen molar-refractivity contribution in [1.29, 1.82) is 0 Å². The maximum absolute atomic E-state index is 11.4. The van der Waals surface area contributed by atoms with Gasteiger partial charge in [-0.05, 0) is 6.07 Å². The summed E-state index contributed by atoms with van der Waals surface area (Å²) in [5, 5.41) is 21.7. The average Bonchev–Trinajstić information content (AvgIpc) is 2.63. The minimum absolute atomic E-state index is 0.118. The molecule has 0 fully saturated rings. The number of anilines is 1. The Kier molecular flexibility index (Phi) is 2.93. The number of hydrogen-bond acceptors (Lipinski definition) is 5. The fraction of sp³-hybridized carbons (Fsp3) is 0.273. The van der Waals surface area contributed by atoms with Gasteiger partial charge in [0.2, 0.25) is 0 Å². The minimum Gasteiger partial charge on any atom is -0.389 e. The number of fused-ring (bicyclic) bond motifs is 1. The number of carbonyl (C=O) groups excluding carboxylic acids is 2. The van der Waals surface area contributed by atoms with Gasteiger partial charge in [-0.2, -0.15) is 0 Å². The normalized spacial score (nSPS) is 17.6. The molecule has 0 aliphatic carbocycles. The number of amides is 1. The zero-order chi connectivity index (χ0) is 12.6. The molecule has 2 atom stereocenters. The summed E-state index contributed by atoms with van der Waals surface area (Å²) in [6, 6.07) is 4.56. The quantitative estimate of drug-likeness (QED) is 0.512. The summed E-state index contributed by atoms with van der Waals surface area (Å²) < 4.78 is 0. The van der Waals surface area contributed by atoms with Crippen LogP contribution < -0.4 is 11.1 Å². The summed E-state index contributed by atoms with van der Waals surface area (Å²) in [7, 11) is 0. The van der Waals surface area contributed by atoms with E-state index in [4.69, 9.17) is 5.73 Å². The van der Waals surface area contributed by atoms with E-state index in [1.54, 1.807) is 6.07 Å². The Hall–Kier alpha value is -1.76. The fourth-order valence-corrected chi connectivity index (χ4v) is 1.77. The molecule has 0 radical (unpaired) electrons. The first-order valence-corrected chi connectivity index (χ1v) is 5.11. The Bertz CT molecular complexity index is 486. The summed E-state index contributed by atoms with van der Waals surface area (Å²) in [4.78, 5) is 22.6. The maximum Gasteiger partial charge on any atom is 0.296 e. The first-order chi connectivity index (χ1) is 8.06. The highest BCUT2D eigenvalue weighted by Crippen LogP contribution is 2.32. The van der Waals surface area contributed by atoms with E-state index >= 15 is 0 Å². The van der Waals surface area contributed by atoms with E-state index < -0.39 is 23.9 Å². The molecule has 5 N–H and O–H groups in total. The smallest absolute Gasteiger partial charge is 0.296 e. The Morgan fingerprint density at radius 1 is 1.29 bits per heavy atom. The van der Waals surface area contributed by atoms with E-state index in [9.17, 15) is 19.8 Å². The molecule has 1 aromatic carbocycles. The van der Waals surface area contributed by atoms with Crippen LogP contribution in [0.15, 0.2) is 18.2 Å². The van der Waals surface area contributed by atoms with Crippen molar-refractivity contribution in [3.05, 3.63) is 29.3 Å². The van der Waals surface area contributed by atoms with E-state index in [0.29, 0.717) is 5.56 Å². The van der Waals surface area contributed by atoms with Gasteiger partial charge < -0.3 is 21.3 Å². The average molecular weight is 236 g/mol. The lowest BCUT2D eigenvalue weighted by Gasteiger charge is -2.18. The van der Waals surface area contributed by atoms with Crippen molar-refractivity contribution in [2.45, 2.75) is 12.2 Å². The number of hydrogen-bond donors (Lipinski definition) is 4. The second-order valence-corrected chi connectivity index (χ2v) is 3.80. The van der Waals surface area contributed by atoms with E-state index in [1.165, 1.54) is 12.1 Å². The van der Waals surface area contributed by atoms with Crippen LogP contribution in [0, 0.1) is 0 Å². The van der Waals surface area contributed by atoms with Crippen LogP contribution in [0.1, 0.15) is 22.0 Å². The summed E-state index contributed by atoms with van der Waals surface area (Å²) >= 11 is 0. The van der Waals surface area contributed by atoms with Crippen LogP contribution in [-0.4, -0.2) is 34.6 Å². The van der Waals surface area contributed by atoms with Crippen molar-refractivity contribution >= 4 is 17.4 Å². The monoisotopic (exact) mass is 236 g/mol. The molecular weight excluding hydrogens is 224 g/mol. The predicted octanol–water partition coefficient (Wildman–Crippen LogP) is -0.826. The molecule has 0 spiro atoms. The van der Waals surface area contributed by atoms with Crippen molar-refractivity contribution in [3.8, 4) is 0 Å². The lowest BCUT2D eigenvalue weighted by molar-refractivity contribution is -0.112. The molecule has 1 amide bonds. The molecule has 2 unspecified atom stereocenters. The van der Waals surface area contributed by atoms with Crippen molar-refractivity contribution in [2.24, 2.45) is 5.73 Å². The Morgan fingerprint density at radius 2 is 2.00 bits per heavy atom. The summed E-state index contributed by atoms with van der Waals surface area (Å²) in [6.07, 6.45) is -2.38. The van der Waals surface area contributed by atoms with Crippen molar-refractivity contribution in [3.63, 3.8) is 0 Å². The topological polar surface area (TPSA) is 113 Å². The molecule has 17 heavy (non-hydrogen) atoms. The van der Waals surface area contributed by atoms with Crippen LogP contribution in [0.3, 0.4) is 0 Å². The van der Waals surface area contributed by atoms with Gasteiger partial charge in [-0.3, -0.25) is 9.59 Å². The van der Waals surface area contributed by atoms with Gasteiger partial charge in [0.15, 0.2) is 0 Å². The molecule has 0 bridgehead atoms. The SMILES string of the molecule is NCC(O)C(O)c1cccc2c1NC(=O)C2=O. The third-order valence-electron chi connectivity index (χ3n) is 2.71. The van der Waals surface area contributed by atoms with E-state index in [-0.39, 0.29) is 17.8 Å². The second-order valence-electron chi connectivity index (χ2n) is 3.80. The molecule has 0 aromatic heterocycles. The molecular formula is C11H12N2O4. The molecule has 1 aromatic rings. The molecule has 0 saturated heterocycles. The molecule has 6 heteroatoms. The Morgan fingerprint density at radius 3 is 2.65 bits per heavy atom. The second kappa shape index (κ2) is 4.25. The molecule has 90 valence electrons. The summed E-state index contributed by atoms with van der Waals surface area (Å²) in [5.41, 5.74) is 5.99. The maximum atomic E-state index is 11.4. The van der Waals surface area contributed by atoms with Gasteiger partial charge in [-0.1, -0.05) is 12.1 Å². The number of carbonyl (C=O) groups is 2. The van der Waals surface area contributed by atoms with Crippen LogP contribution in [0.2, 0.25) is 0 Å². The van der Waals surface area contributed by atoms with Crippen LogP contribution in [0.4, 0.5) is 5.69 Å². The number of aliphatic hydroxyl groups excluding tert-OH is 2. The number of aliphatic hydroxyl groups is 2. The third kappa shape index (κ3) is 1.82. The predicted molar refractivity (Wildman–Crippen MR) is 59.4 cm³/mol. The molecule has 2 rings (SSSR count). The fourth-order valence-electron chi connectivity index (χ4n) is 1.77. The van der Waals surface area contributed by atoms with Gasteiger partial charge in [0.25, 0.3) is 11.7 Å². The largest absolute Gasteiger partial charge is 0.389 e. The van der Waals surface area contributed by atoms with E-state index in [1.807, 2.05) is 0 Å². The highest BCUT2D eigenvalue weighted by atomic mass is 16.3. The van der Waals surface area contributed by atoms with Gasteiger partial charge in [0.05, 0.1) is 17.4 Å². The van der Waals surface area contributed by atoms with Gasteiger partial charge in [-0.15, -0.1) is 0 Å². The molecule has 1 aliphatic rings. The molecule has 0 saturated carbocycles. The van der Waals surface area contributed by atoms with Crippen molar-refractivity contribution < 1.29 is 19.8 Å². The van der Waals surface area contributed by atoms with Gasteiger partial charge >= 0.3 is 0 Å². The highest BCUT2D eigenvalue weighted by molar-refractivity contribution is 6.51. The number of nitrogens with two attached hydrogens (primary N) is 1. The number of para-hydroxylation sites is 1. The minimum atomic E-state index is -1.24. The molecule has 1 aliphatic heterocycles. The van der Waals surface area contributed by atoms with Crippen LogP contribution in [0.25, 0.3) is 0 Å². The first kappa shape index (κ1) is 11.7. The summed E-state index contributed by atoms with van der Waals surface area (Å²) in [6.45, 7) is -0.118. The van der Waals surface area contributed by atoms with Crippen LogP contribution in [-0.2, 0) is 4.79 Å². The molecule has 6 nitrogen and oxygen atoms in total. The number of ketones is 1.